The van der Waals surface area contributed by atoms with Crippen LogP contribution in [0.1, 0.15) is 24.1 Å². The average Bonchev–Trinajstić information content (AvgIpc) is 2.61. The maximum Gasteiger partial charge on any atom is 0.203 e. The molecule has 1 atom stereocenters. The molecule has 2 rings (SSSR count). The van der Waals surface area contributed by atoms with Gasteiger partial charge in [0.1, 0.15) is 11.9 Å². The van der Waals surface area contributed by atoms with Crippen molar-refractivity contribution < 1.29 is 18.6 Å². The highest BCUT2D eigenvalue weighted by Crippen LogP contribution is 2.40. The first-order chi connectivity index (χ1) is 11.5. The lowest BCUT2D eigenvalue weighted by Crippen LogP contribution is -2.09. The number of nitriles is 1. The van der Waals surface area contributed by atoms with Crippen LogP contribution >= 0.6 is 0 Å². The third-order valence-electron chi connectivity index (χ3n) is 3.66. The van der Waals surface area contributed by atoms with E-state index in [0.717, 1.165) is 5.56 Å². The van der Waals surface area contributed by atoms with Crippen molar-refractivity contribution in [1.82, 2.24) is 0 Å². The first-order valence-corrected chi connectivity index (χ1v) is 7.30. The molecule has 0 radical (unpaired) electrons. The highest BCUT2D eigenvalue weighted by Gasteiger charge is 2.17. The van der Waals surface area contributed by atoms with Crippen molar-refractivity contribution in [2.45, 2.75) is 13.0 Å². The third-order valence-corrected chi connectivity index (χ3v) is 3.66. The molecule has 0 aliphatic rings. The average molecular weight is 330 g/mol. The molecule has 0 amide bonds. The van der Waals surface area contributed by atoms with Crippen LogP contribution in [0.2, 0.25) is 0 Å². The van der Waals surface area contributed by atoms with Gasteiger partial charge in [-0.05, 0) is 42.8 Å². The second-order valence-corrected chi connectivity index (χ2v) is 5.13. The number of hydrogen-bond acceptors (Lipinski definition) is 5. The number of anilines is 1. The summed E-state index contributed by atoms with van der Waals surface area (Å²) in [7, 11) is 4.64. The molecule has 0 saturated carbocycles. The normalized spacial score (nSPS) is 11.3. The fourth-order valence-corrected chi connectivity index (χ4v) is 2.40. The van der Waals surface area contributed by atoms with Crippen molar-refractivity contribution in [3.63, 3.8) is 0 Å². The van der Waals surface area contributed by atoms with Gasteiger partial charge in [-0.15, -0.1) is 0 Å². The van der Waals surface area contributed by atoms with Gasteiger partial charge in [-0.25, -0.2) is 4.39 Å². The van der Waals surface area contributed by atoms with Crippen LogP contribution in [-0.4, -0.2) is 21.3 Å². The lowest BCUT2D eigenvalue weighted by Gasteiger charge is -2.20. The van der Waals surface area contributed by atoms with E-state index in [4.69, 9.17) is 19.5 Å². The van der Waals surface area contributed by atoms with E-state index in [9.17, 15) is 4.39 Å². The second kappa shape index (κ2) is 7.55. The van der Waals surface area contributed by atoms with Gasteiger partial charge < -0.3 is 19.5 Å². The molecule has 2 aromatic rings. The Hall–Kier alpha value is -2.94. The van der Waals surface area contributed by atoms with E-state index in [-0.39, 0.29) is 11.6 Å². The van der Waals surface area contributed by atoms with E-state index in [2.05, 4.69) is 5.32 Å². The van der Waals surface area contributed by atoms with E-state index in [0.29, 0.717) is 22.9 Å². The molecule has 24 heavy (non-hydrogen) atoms. The first-order valence-electron chi connectivity index (χ1n) is 7.30. The minimum atomic E-state index is -0.447. The van der Waals surface area contributed by atoms with Crippen molar-refractivity contribution in [2.75, 3.05) is 26.6 Å². The number of methoxy groups -OCH3 is 3. The van der Waals surface area contributed by atoms with Crippen LogP contribution in [0.5, 0.6) is 17.2 Å². The zero-order chi connectivity index (χ0) is 17.7. The van der Waals surface area contributed by atoms with Crippen LogP contribution in [0.25, 0.3) is 0 Å². The van der Waals surface area contributed by atoms with Crippen LogP contribution in [0.3, 0.4) is 0 Å². The van der Waals surface area contributed by atoms with Gasteiger partial charge in [0.25, 0.3) is 0 Å². The summed E-state index contributed by atoms with van der Waals surface area (Å²) in [6.45, 7) is 1.92. The number of ether oxygens (including phenoxy) is 3. The van der Waals surface area contributed by atoms with Gasteiger partial charge in [-0.3, -0.25) is 0 Å². The number of nitrogens with one attached hydrogen (secondary N) is 1. The Morgan fingerprint density at radius 2 is 1.67 bits per heavy atom. The number of rotatable bonds is 6. The molecule has 0 aromatic heterocycles. The summed E-state index contributed by atoms with van der Waals surface area (Å²) in [4.78, 5) is 0. The van der Waals surface area contributed by atoms with Gasteiger partial charge in [0.05, 0.1) is 32.6 Å². The maximum atomic E-state index is 13.2. The van der Waals surface area contributed by atoms with Gasteiger partial charge in [0.15, 0.2) is 11.5 Å². The molecule has 0 aliphatic carbocycles. The van der Waals surface area contributed by atoms with E-state index in [1.54, 1.807) is 27.4 Å². The Labute approximate surface area is 140 Å². The molecule has 0 heterocycles. The van der Waals surface area contributed by atoms with Crippen molar-refractivity contribution in [3.05, 3.63) is 47.3 Å². The molecular formula is C18H19FN2O3. The van der Waals surface area contributed by atoms with E-state index < -0.39 is 5.82 Å². The van der Waals surface area contributed by atoms with Crippen LogP contribution in [0.4, 0.5) is 10.1 Å². The molecule has 126 valence electrons. The van der Waals surface area contributed by atoms with Crippen molar-refractivity contribution in [3.8, 4) is 23.3 Å². The summed E-state index contributed by atoms with van der Waals surface area (Å²) >= 11 is 0. The van der Waals surface area contributed by atoms with Crippen molar-refractivity contribution >= 4 is 5.69 Å². The summed E-state index contributed by atoms with van der Waals surface area (Å²) < 4.78 is 29.2. The lowest BCUT2D eigenvalue weighted by molar-refractivity contribution is 0.323. The highest BCUT2D eigenvalue weighted by molar-refractivity contribution is 5.60. The molecule has 6 heteroatoms. The standard InChI is InChI=1S/C18H19FN2O3/c1-11(21-15-6-5-14(19)7-13(15)10-20)12-8-16(22-2)18(24-4)17(9-12)23-3/h5-9,11,21H,1-4H3. The van der Waals surface area contributed by atoms with Crippen LogP contribution < -0.4 is 19.5 Å². The van der Waals surface area contributed by atoms with E-state index >= 15 is 0 Å². The summed E-state index contributed by atoms with van der Waals surface area (Å²) in [5, 5.41) is 12.3. The number of benzene rings is 2. The summed E-state index contributed by atoms with van der Waals surface area (Å²) in [5.41, 5.74) is 1.67. The molecule has 0 spiro atoms. The maximum absolute atomic E-state index is 13.2. The Morgan fingerprint density at radius 1 is 1.04 bits per heavy atom. The van der Waals surface area contributed by atoms with Gasteiger partial charge in [-0.1, -0.05) is 0 Å². The van der Waals surface area contributed by atoms with Gasteiger partial charge >= 0.3 is 0 Å². The molecule has 1 unspecified atom stereocenters. The first kappa shape index (κ1) is 17.4. The number of hydrogen-bond donors (Lipinski definition) is 1. The highest BCUT2D eigenvalue weighted by atomic mass is 19.1. The fraction of sp³-hybridized carbons (Fsp3) is 0.278. The Balaban J connectivity index is 2.37. The Bertz CT molecular complexity index is 746. The lowest BCUT2D eigenvalue weighted by atomic mass is 10.1. The third kappa shape index (κ3) is 3.51. The zero-order valence-corrected chi connectivity index (χ0v) is 14.0. The molecule has 0 saturated heterocycles. The van der Waals surface area contributed by atoms with Crippen molar-refractivity contribution in [2.24, 2.45) is 0 Å². The van der Waals surface area contributed by atoms with Crippen LogP contribution in [0.15, 0.2) is 30.3 Å². The molecule has 0 bridgehead atoms. The van der Waals surface area contributed by atoms with Crippen LogP contribution in [0, 0.1) is 17.1 Å². The van der Waals surface area contributed by atoms with Gasteiger partial charge in [0.2, 0.25) is 5.75 Å². The topological polar surface area (TPSA) is 63.5 Å². The SMILES string of the molecule is COc1cc(C(C)Nc2ccc(F)cc2C#N)cc(OC)c1OC. The largest absolute Gasteiger partial charge is 0.493 e. The summed E-state index contributed by atoms with van der Waals surface area (Å²) in [5.74, 6) is 1.15. The zero-order valence-electron chi connectivity index (χ0n) is 14.0. The predicted octanol–water partition coefficient (Wildman–Crippen LogP) is 3.90. The quantitative estimate of drug-likeness (QED) is 0.870. The predicted molar refractivity (Wildman–Crippen MR) is 89.3 cm³/mol. The van der Waals surface area contributed by atoms with Gasteiger partial charge in [-0.2, -0.15) is 5.26 Å². The van der Waals surface area contributed by atoms with Crippen molar-refractivity contribution in [1.29, 1.82) is 5.26 Å². The molecule has 1 N–H and O–H groups in total. The molecule has 0 aliphatic heterocycles. The monoisotopic (exact) mass is 330 g/mol. The Kier molecular flexibility index (Phi) is 5.48. The molecule has 0 fully saturated rings. The second-order valence-electron chi connectivity index (χ2n) is 5.13. The Morgan fingerprint density at radius 3 is 2.17 bits per heavy atom. The van der Waals surface area contributed by atoms with E-state index in [1.807, 2.05) is 25.1 Å². The van der Waals surface area contributed by atoms with Crippen LogP contribution in [-0.2, 0) is 0 Å². The molecule has 5 nitrogen and oxygen atoms in total. The molecule has 2 aromatic carbocycles. The summed E-state index contributed by atoms with van der Waals surface area (Å²) in [6.07, 6.45) is 0. The minimum Gasteiger partial charge on any atom is -0.493 e. The minimum absolute atomic E-state index is 0.170. The van der Waals surface area contributed by atoms with Gasteiger partial charge in [0, 0.05) is 6.04 Å². The molecular weight excluding hydrogens is 311 g/mol. The fourth-order valence-electron chi connectivity index (χ4n) is 2.40. The smallest absolute Gasteiger partial charge is 0.203 e. The number of nitrogens with zero attached hydrogens (tertiary/aromatic N) is 1. The van der Waals surface area contributed by atoms with E-state index in [1.165, 1.54) is 12.1 Å². The number of halogens is 1. The summed E-state index contributed by atoms with van der Waals surface area (Å²) in [6, 6.07) is 9.52.